The van der Waals surface area contributed by atoms with E-state index in [-0.39, 0.29) is 0 Å². The highest BCUT2D eigenvalue weighted by molar-refractivity contribution is 6.59. The van der Waals surface area contributed by atoms with E-state index in [2.05, 4.69) is 4.98 Å². The summed E-state index contributed by atoms with van der Waals surface area (Å²) in [5.74, 6) is 0.412. The summed E-state index contributed by atoms with van der Waals surface area (Å²) in [7, 11) is -1.51. The summed E-state index contributed by atoms with van der Waals surface area (Å²) in [4.78, 5) is 3.80. The second-order valence-electron chi connectivity index (χ2n) is 2.22. The van der Waals surface area contributed by atoms with Gasteiger partial charge in [0.1, 0.15) is 5.75 Å². The third-order valence-corrected chi connectivity index (χ3v) is 1.39. The molecular formula is C7H10BNO3. The van der Waals surface area contributed by atoms with Gasteiger partial charge in [0.15, 0.2) is 0 Å². The highest BCUT2D eigenvalue weighted by Gasteiger charge is 2.16. The second-order valence-corrected chi connectivity index (χ2v) is 2.22. The van der Waals surface area contributed by atoms with Crippen molar-refractivity contribution in [2.24, 2.45) is 0 Å². The molecule has 1 heterocycles. The van der Waals surface area contributed by atoms with E-state index in [1.807, 2.05) is 6.92 Å². The zero-order valence-corrected chi connectivity index (χ0v) is 6.77. The van der Waals surface area contributed by atoms with Gasteiger partial charge in [-0.25, -0.2) is 0 Å². The first-order valence-corrected chi connectivity index (χ1v) is 3.68. The average Bonchev–Trinajstić information content (AvgIpc) is 2.05. The maximum Gasteiger partial charge on any atom is 0.492 e. The largest absolute Gasteiger partial charge is 0.493 e. The van der Waals surface area contributed by atoms with Crippen molar-refractivity contribution >= 4 is 12.6 Å². The molecule has 5 heteroatoms. The fraction of sp³-hybridized carbons (Fsp3) is 0.286. The van der Waals surface area contributed by atoms with Gasteiger partial charge < -0.3 is 14.8 Å². The molecule has 0 aliphatic carbocycles. The molecule has 0 saturated carbocycles. The molecule has 0 radical (unpaired) electrons. The Morgan fingerprint density at radius 1 is 1.58 bits per heavy atom. The monoisotopic (exact) mass is 167 g/mol. The molecule has 2 N–H and O–H groups in total. The summed E-state index contributed by atoms with van der Waals surface area (Å²) in [5.41, 5.74) is 0.340. The molecule has 0 aliphatic rings. The number of rotatable bonds is 3. The van der Waals surface area contributed by atoms with E-state index in [1.54, 1.807) is 0 Å². The molecule has 64 valence electrons. The lowest BCUT2D eigenvalue weighted by molar-refractivity contribution is 0.338. The Hall–Kier alpha value is -1.07. The number of nitrogens with zero attached hydrogens (tertiary/aromatic N) is 1. The van der Waals surface area contributed by atoms with E-state index in [1.165, 1.54) is 18.5 Å². The minimum absolute atomic E-state index is 0.340. The fourth-order valence-corrected chi connectivity index (χ4v) is 0.880. The zero-order chi connectivity index (χ0) is 8.97. The van der Waals surface area contributed by atoms with Gasteiger partial charge >= 0.3 is 7.12 Å². The first-order valence-electron chi connectivity index (χ1n) is 3.68. The smallest absolute Gasteiger partial charge is 0.492 e. The Balaban J connectivity index is 2.92. The SMILES string of the molecule is CCOc1cnccc1B(O)O. The molecule has 0 fully saturated rings. The predicted molar refractivity (Wildman–Crippen MR) is 45.2 cm³/mol. The number of hydrogen-bond acceptors (Lipinski definition) is 4. The minimum Gasteiger partial charge on any atom is -0.493 e. The standard InChI is InChI=1S/C7H10BNO3/c1-2-12-7-5-9-4-3-6(7)8(10)11/h3-5,10-11H,2H2,1H3. The summed E-state index contributed by atoms with van der Waals surface area (Å²) in [6.07, 6.45) is 2.94. The fourth-order valence-electron chi connectivity index (χ4n) is 0.880. The Bertz CT molecular complexity index is 254. The van der Waals surface area contributed by atoms with Crippen LogP contribution >= 0.6 is 0 Å². The quantitative estimate of drug-likeness (QED) is 0.576. The van der Waals surface area contributed by atoms with Crippen LogP contribution in [0.1, 0.15) is 6.92 Å². The molecule has 0 aromatic carbocycles. The van der Waals surface area contributed by atoms with Crippen LogP contribution in [-0.4, -0.2) is 28.8 Å². The summed E-state index contributed by atoms with van der Waals surface area (Å²) in [6.45, 7) is 2.30. The molecular weight excluding hydrogens is 157 g/mol. The van der Waals surface area contributed by atoms with Gasteiger partial charge in [0.25, 0.3) is 0 Å². The summed E-state index contributed by atoms with van der Waals surface area (Å²) < 4.78 is 5.12. The van der Waals surface area contributed by atoms with Crippen LogP contribution < -0.4 is 10.2 Å². The first-order chi connectivity index (χ1) is 5.75. The van der Waals surface area contributed by atoms with E-state index in [0.717, 1.165) is 0 Å². The first kappa shape index (κ1) is 9.03. The van der Waals surface area contributed by atoms with Crippen LogP contribution in [0.2, 0.25) is 0 Å². The van der Waals surface area contributed by atoms with Gasteiger partial charge in [0.2, 0.25) is 0 Å². The third kappa shape index (κ3) is 1.96. The van der Waals surface area contributed by atoms with Crippen molar-refractivity contribution in [2.75, 3.05) is 6.61 Å². The van der Waals surface area contributed by atoms with Crippen molar-refractivity contribution in [1.82, 2.24) is 4.98 Å². The molecule has 12 heavy (non-hydrogen) atoms. The number of pyridine rings is 1. The van der Waals surface area contributed by atoms with Crippen molar-refractivity contribution in [3.63, 3.8) is 0 Å². The van der Waals surface area contributed by atoms with Gasteiger partial charge in [-0.15, -0.1) is 0 Å². The van der Waals surface area contributed by atoms with Crippen LogP contribution in [0.5, 0.6) is 5.75 Å². The lowest BCUT2D eigenvalue weighted by atomic mass is 9.80. The van der Waals surface area contributed by atoms with E-state index < -0.39 is 7.12 Å². The van der Waals surface area contributed by atoms with E-state index in [9.17, 15) is 0 Å². The van der Waals surface area contributed by atoms with Gasteiger partial charge in [-0.3, -0.25) is 4.98 Å². The molecule has 0 unspecified atom stereocenters. The average molecular weight is 167 g/mol. The topological polar surface area (TPSA) is 62.6 Å². The number of hydrogen-bond donors (Lipinski definition) is 2. The normalized spacial score (nSPS) is 9.58. The third-order valence-electron chi connectivity index (χ3n) is 1.39. The Labute approximate surface area is 71.0 Å². The Kier molecular flexibility index (Phi) is 3.07. The highest BCUT2D eigenvalue weighted by Crippen LogP contribution is 2.03. The molecule has 1 rings (SSSR count). The van der Waals surface area contributed by atoms with Gasteiger partial charge in [-0.2, -0.15) is 0 Å². The van der Waals surface area contributed by atoms with Crippen molar-refractivity contribution in [3.05, 3.63) is 18.5 Å². The van der Waals surface area contributed by atoms with Crippen molar-refractivity contribution < 1.29 is 14.8 Å². The van der Waals surface area contributed by atoms with Gasteiger partial charge in [0.05, 0.1) is 12.8 Å². The minimum atomic E-state index is -1.51. The summed E-state index contributed by atoms with van der Waals surface area (Å²) in [5, 5.41) is 17.8. The zero-order valence-electron chi connectivity index (χ0n) is 6.77. The highest BCUT2D eigenvalue weighted by atomic mass is 16.5. The molecule has 0 amide bonds. The van der Waals surface area contributed by atoms with Gasteiger partial charge in [0, 0.05) is 11.7 Å². The van der Waals surface area contributed by atoms with Crippen LogP contribution in [0, 0.1) is 0 Å². The van der Waals surface area contributed by atoms with E-state index in [4.69, 9.17) is 14.8 Å². The Morgan fingerprint density at radius 2 is 2.33 bits per heavy atom. The maximum atomic E-state index is 8.88. The lowest BCUT2D eigenvalue weighted by Crippen LogP contribution is -2.31. The van der Waals surface area contributed by atoms with Crippen molar-refractivity contribution in [3.8, 4) is 5.75 Å². The summed E-state index contributed by atoms with van der Waals surface area (Å²) >= 11 is 0. The van der Waals surface area contributed by atoms with E-state index >= 15 is 0 Å². The van der Waals surface area contributed by atoms with Gasteiger partial charge in [-0.05, 0) is 13.0 Å². The molecule has 0 atom stereocenters. The van der Waals surface area contributed by atoms with Crippen LogP contribution in [0.3, 0.4) is 0 Å². The maximum absolute atomic E-state index is 8.88. The number of ether oxygens (including phenoxy) is 1. The second kappa shape index (κ2) is 4.08. The molecule has 4 nitrogen and oxygen atoms in total. The van der Waals surface area contributed by atoms with Crippen LogP contribution in [0.15, 0.2) is 18.5 Å². The van der Waals surface area contributed by atoms with Crippen LogP contribution in [0.4, 0.5) is 0 Å². The van der Waals surface area contributed by atoms with Crippen molar-refractivity contribution in [2.45, 2.75) is 6.92 Å². The van der Waals surface area contributed by atoms with Gasteiger partial charge in [-0.1, -0.05) is 0 Å². The molecule has 0 aliphatic heterocycles. The predicted octanol–water partition coefficient (Wildman–Crippen LogP) is -0.840. The van der Waals surface area contributed by atoms with Crippen LogP contribution in [0.25, 0.3) is 0 Å². The molecule has 0 spiro atoms. The summed E-state index contributed by atoms with van der Waals surface area (Å²) in [6, 6.07) is 1.51. The number of aromatic nitrogens is 1. The van der Waals surface area contributed by atoms with Crippen LogP contribution in [-0.2, 0) is 0 Å². The van der Waals surface area contributed by atoms with Crippen molar-refractivity contribution in [1.29, 1.82) is 0 Å². The molecule has 0 saturated heterocycles. The lowest BCUT2D eigenvalue weighted by Gasteiger charge is -2.07. The molecule has 0 bridgehead atoms. The van der Waals surface area contributed by atoms with E-state index in [0.29, 0.717) is 17.8 Å². The molecule has 1 aromatic rings. The Morgan fingerprint density at radius 3 is 2.92 bits per heavy atom. The molecule has 1 aromatic heterocycles.